The number of nitrogens with zero attached hydrogens (tertiary/aromatic N) is 1. The van der Waals surface area contributed by atoms with Gasteiger partial charge in [-0.2, -0.15) is 0 Å². The molecule has 3 aromatic carbocycles. The summed E-state index contributed by atoms with van der Waals surface area (Å²) in [5.74, 6) is -0.212. The van der Waals surface area contributed by atoms with Crippen molar-refractivity contribution in [1.29, 1.82) is 0 Å². The second kappa shape index (κ2) is 15.4. The Kier molecular flexibility index (Phi) is 11.7. The summed E-state index contributed by atoms with van der Waals surface area (Å²) in [5.41, 5.74) is 12.2. The molecule has 1 saturated heterocycles. The molecule has 0 unspecified atom stereocenters. The second-order valence-corrected chi connectivity index (χ2v) is 11.2. The van der Waals surface area contributed by atoms with Crippen molar-refractivity contribution >= 4 is 46.0 Å². The summed E-state index contributed by atoms with van der Waals surface area (Å²) < 4.78 is 18.5. The van der Waals surface area contributed by atoms with E-state index in [0.29, 0.717) is 24.6 Å². The number of hydrogen-bond donors (Lipinski definition) is 4. The number of nitrogens with one attached hydrogen (secondary N) is 1. The third-order valence-electron chi connectivity index (χ3n) is 6.81. The smallest absolute Gasteiger partial charge is 0.220 e. The van der Waals surface area contributed by atoms with E-state index < -0.39 is 29.8 Å². The summed E-state index contributed by atoms with van der Waals surface area (Å²) in [4.78, 5) is 16.8. The molecule has 0 aliphatic carbocycles. The molecule has 220 valence electrons. The zero-order valence-electron chi connectivity index (χ0n) is 22.9. The molecule has 1 heterocycles. The third-order valence-corrected chi connectivity index (χ3v) is 7.93. The fourth-order valence-corrected chi connectivity index (χ4v) is 5.61. The van der Waals surface area contributed by atoms with Gasteiger partial charge in [-0.05, 0) is 52.8 Å². The summed E-state index contributed by atoms with van der Waals surface area (Å²) in [6.07, 6.45) is 0.154. The highest BCUT2D eigenvalue weighted by Gasteiger charge is 2.46. The number of aliphatic hydroxyl groups excluding tert-OH is 1. The number of benzene rings is 3. The molecule has 1 amide bonds. The number of ether oxygens (including phenoxy) is 3. The minimum atomic E-state index is -1.05. The summed E-state index contributed by atoms with van der Waals surface area (Å²) in [5, 5.41) is 17.3. The Morgan fingerprint density at radius 1 is 1.07 bits per heavy atom. The number of carbonyl (C=O) groups is 1. The van der Waals surface area contributed by atoms with E-state index in [1.807, 2.05) is 48.7 Å². The highest BCUT2D eigenvalue weighted by molar-refractivity contribution is 7.99. The van der Waals surface area contributed by atoms with Crippen LogP contribution in [-0.4, -0.2) is 66.2 Å². The molecular formula is C30H37ClN4O5S. The van der Waals surface area contributed by atoms with Gasteiger partial charge in [-0.3, -0.25) is 9.79 Å². The Labute approximate surface area is 249 Å². The molecule has 0 spiro atoms. The Morgan fingerprint density at radius 2 is 1.80 bits per heavy atom. The number of aliphatic imine (C=N–C) groups is 1. The van der Waals surface area contributed by atoms with Crippen molar-refractivity contribution in [3.05, 3.63) is 82.9 Å². The van der Waals surface area contributed by atoms with Gasteiger partial charge in [0.25, 0.3) is 0 Å². The van der Waals surface area contributed by atoms with Crippen LogP contribution in [0.2, 0.25) is 5.02 Å². The van der Waals surface area contributed by atoms with Crippen LogP contribution in [0.4, 0.5) is 0 Å². The van der Waals surface area contributed by atoms with E-state index in [0.717, 1.165) is 21.9 Å². The zero-order chi connectivity index (χ0) is 29.2. The van der Waals surface area contributed by atoms with Crippen molar-refractivity contribution < 1.29 is 24.1 Å². The average Bonchev–Trinajstić information content (AvgIpc) is 2.97. The van der Waals surface area contributed by atoms with Crippen LogP contribution in [0.15, 0.2) is 71.7 Å². The summed E-state index contributed by atoms with van der Waals surface area (Å²) in [7, 11) is 0. The van der Waals surface area contributed by atoms with Crippen molar-refractivity contribution in [2.45, 2.75) is 55.8 Å². The standard InChI is InChI=1S/C30H37ClN4O5S/c1-41-29-26(35-25(36)7-4-14-34-30(32)33)28(39-17-20-8-11-21-5-2-3-6-22(21)15-20)27(37)24(40-29)18-38-16-19-9-12-23(31)13-10-19/h2-3,5-6,8-13,15,24,26-29,37H,4,7,14,16-18H2,1H3,(H,35,36)(H4,32,33,34)/t24-,26-,27-,28+,29+/m1/s1. The van der Waals surface area contributed by atoms with Crippen LogP contribution in [0.3, 0.4) is 0 Å². The molecule has 9 nitrogen and oxygen atoms in total. The lowest BCUT2D eigenvalue weighted by Crippen LogP contribution is -2.64. The number of carbonyl (C=O) groups excluding carboxylic acids is 1. The Hall–Kier alpha value is -2.86. The van der Waals surface area contributed by atoms with Gasteiger partial charge in [0.2, 0.25) is 5.91 Å². The molecule has 1 fully saturated rings. The van der Waals surface area contributed by atoms with Gasteiger partial charge in [-0.15, -0.1) is 11.8 Å². The second-order valence-electron chi connectivity index (χ2n) is 9.87. The van der Waals surface area contributed by atoms with E-state index >= 15 is 0 Å². The molecule has 1 aliphatic heterocycles. The van der Waals surface area contributed by atoms with Crippen LogP contribution in [0.1, 0.15) is 24.0 Å². The predicted octanol–water partition coefficient (Wildman–Crippen LogP) is 3.58. The number of amides is 1. The SMILES string of the molecule is CS[C@@H]1O[C@H](COCc2ccc(Cl)cc2)[C@@H](O)[C@@H](OCc2ccc3ccccc3c2)[C@H]1NC(=O)CCCN=C(N)N. The number of nitrogens with two attached hydrogens (primary N) is 2. The maximum absolute atomic E-state index is 12.9. The minimum Gasteiger partial charge on any atom is -0.388 e. The normalized spacial score (nSPS) is 22.4. The van der Waals surface area contributed by atoms with E-state index in [4.69, 9.17) is 37.3 Å². The molecule has 6 N–H and O–H groups in total. The minimum absolute atomic E-state index is 0.0110. The average molecular weight is 601 g/mol. The lowest BCUT2D eigenvalue weighted by Gasteiger charge is -2.44. The highest BCUT2D eigenvalue weighted by atomic mass is 35.5. The molecule has 0 aromatic heterocycles. The molecule has 1 aliphatic rings. The van der Waals surface area contributed by atoms with Crippen LogP contribution < -0.4 is 16.8 Å². The summed E-state index contributed by atoms with van der Waals surface area (Å²) in [6.45, 7) is 1.09. The van der Waals surface area contributed by atoms with Crippen LogP contribution in [0.25, 0.3) is 10.8 Å². The van der Waals surface area contributed by atoms with Crippen molar-refractivity contribution in [2.24, 2.45) is 16.5 Å². The first-order valence-corrected chi connectivity index (χ1v) is 15.1. The Morgan fingerprint density at radius 3 is 2.54 bits per heavy atom. The fraction of sp³-hybridized carbons (Fsp3) is 0.400. The van der Waals surface area contributed by atoms with Crippen molar-refractivity contribution in [3.63, 3.8) is 0 Å². The van der Waals surface area contributed by atoms with Gasteiger partial charge >= 0.3 is 0 Å². The molecule has 0 bridgehead atoms. The lowest BCUT2D eigenvalue weighted by molar-refractivity contribution is -0.196. The number of rotatable bonds is 13. The van der Waals surface area contributed by atoms with Crippen molar-refractivity contribution in [3.8, 4) is 0 Å². The lowest BCUT2D eigenvalue weighted by atomic mass is 9.97. The summed E-state index contributed by atoms with van der Waals surface area (Å²) in [6, 6.07) is 21.0. The van der Waals surface area contributed by atoms with E-state index in [2.05, 4.69) is 22.4 Å². The zero-order valence-corrected chi connectivity index (χ0v) is 24.5. The molecule has 3 aromatic rings. The third kappa shape index (κ3) is 9.06. The van der Waals surface area contributed by atoms with E-state index in [1.54, 1.807) is 12.1 Å². The number of guanidine groups is 1. The van der Waals surface area contributed by atoms with E-state index in [1.165, 1.54) is 11.8 Å². The maximum atomic E-state index is 12.9. The van der Waals surface area contributed by atoms with Gasteiger partial charge in [-0.25, -0.2) is 0 Å². The molecule has 0 saturated carbocycles. The number of aliphatic hydroxyl groups is 1. The first-order valence-electron chi connectivity index (χ1n) is 13.5. The fourth-order valence-electron chi connectivity index (χ4n) is 4.71. The van der Waals surface area contributed by atoms with Crippen LogP contribution in [-0.2, 0) is 32.2 Å². The Balaban J connectivity index is 1.46. The molecular weight excluding hydrogens is 564 g/mol. The van der Waals surface area contributed by atoms with Crippen molar-refractivity contribution in [1.82, 2.24) is 5.32 Å². The van der Waals surface area contributed by atoms with Gasteiger partial charge in [0.1, 0.15) is 23.7 Å². The largest absolute Gasteiger partial charge is 0.388 e. The first-order chi connectivity index (χ1) is 19.8. The number of hydrogen-bond acceptors (Lipinski definition) is 7. The van der Waals surface area contributed by atoms with Gasteiger partial charge in [0, 0.05) is 18.0 Å². The van der Waals surface area contributed by atoms with Crippen LogP contribution in [0.5, 0.6) is 0 Å². The first kappa shape index (κ1) is 31.1. The maximum Gasteiger partial charge on any atom is 0.220 e. The van der Waals surface area contributed by atoms with Gasteiger partial charge in [-0.1, -0.05) is 60.1 Å². The molecule has 5 atom stereocenters. The highest BCUT2D eigenvalue weighted by Crippen LogP contribution is 2.30. The molecule has 41 heavy (non-hydrogen) atoms. The topological polar surface area (TPSA) is 141 Å². The quantitative estimate of drug-likeness (QED) is 0.133. The number of thioether (sulfide) groups is 1. The summed E-state index contributed by atoms with van der Waals surface area (Å²) >= 11 is 7.42. The predicted molar refractivity (Wildman–Crippen MR) is 164 cm³/mol. The van der Waals surface area contributed by atoms with Crippen molar-refractivity contribution in [2.75, 3.05) is 19.4 Å². The number of halogens is 1. The molecule has 4 rings (SSSR count). The van der Waals surface area contributed by atoms with E-state index in [9.17, 15) is 9.90 Å². The van der Waals surface area contributed by atoms with Gasteiger partial charge in [0.15, 0.2) is 5.96 Å². The van der Waals surface area contributed by atoms with Gasteiger partial charge in [0.05, 0.1) is 25.9 Å². The van der Waals surface area contributed by atoms with Crippen LogP contribution in [0, 0.1) is 0 Å². The number of fused-ring (bicyclic) bond motifs is 1. The molecule has 11 heteroatoms. The molecule has 0 radical (unpaired) electrons. The monoisotopic (exact) mass is 600 g/mol. The van der Waals surface area contributed by atoms with E-state index in [-0.39, 0.29) is 31.5 Å². The van der Waals surface area contributed by atoms with Crippen LogP contribution >= 0.6 is 23.4 Å². The van der Waals surface area contributed by atoms with Gasteiger partial charge < -0.3 is 36.1 Å². The Bertz CT molecular complexity index is 1310.